The molecule has 6 atom stereocenters. The van der Waals surface area contributed by atoms with Crippen molar-refractivity contribution in [2.24, 2.45) is 5.92 Å². The molecular formula is C18H31NO4P2. The minimum Gasteiger partial charge on any atom is -0.396 e. The predicted octanol–water partition coefficient (Wildman–Crippen LogP) is 3.36. The third-order valence-corrected chi connectivity index (χ3v) is 5.26. The summed E-state index contributed by atoms with van der Waals surface area (Å²) in [4.78, 5) is 14.6. The standard InChI is InChI=1S/C18H31NO4P2/c1-13(12-16(22-24)10-7-11-20)18(21)19(3)14(2)17(23-25)15-8-5-4-6-9-15/h4-6,8-9,13-14,16-17,20H,7,10-12,24-25H2,1-3H3/t13-,14?,16-,17+/m1/s1. The van der Waals surface area contributed by atoms with Crippen LogP contribution in [0.1, 0.15) is 44.8 Å². The monoisotopic (exact) mass is 387 g/mol. The van der Waals surface area contributed by atoms with Crippen LogP contribution in [0.25, 0.3) is 0 Å². The first-order valence-electron chi connectivity index (χ1n) is 8.59. The molecule has 0 aliphatic heterocycles. The Labute approximate surface area is 156 Å². The summed E-state index contributed by atoms with van der Waals surface area (Å²) in [5.41, 5.74) is 1.03. The number of amides is 1. The van der Waals surface area contributed by atoms with Gasteiger partial charge < -0.3 is 19.1 Å². The summed E-state index contributed by atoms with van der Waals surface area (Å²) in [5.74, 6) is -0.107. The van der Waals surface area contributed by atoms with Crippen molar-refractivity contribution in [2.45, 2.75) is 51.4 Å². The van der Waals surface area contributed by atoms with E-state index >= 15 is 0 Å². The van der Waals surface area contributed by atoms with E-state index in [1.54, 1.807) is 4.90 Å². The van der Waals surface area contributed by atoms with Gasteiger partial charge in [-0.05, 0) is 31.7 Å². The van der Waals surface area contributed by atoms with Crippen LogP contribution in [-0.2, 0) is 13.8 Å². The van der Waals surface area contributed by atoms with Crippen LogP contribution in [0.2, 0.25) is 0 Å². The molecule has 0 aliphatic rings. The van der Waals surface area contributed by atoms with Crippen LogP contribution in [0.4, 0.5) is 0 Å². The molecule has 0 bridgehead atoms. The Morgan fingerprint density at radius 2 is 1.84 bits per heavy atom. The Hall–Kier alpha value is -0.570. The SMILES string of the molecule is CC([C@H](OP)c1ccccc1)N(C)C(=O)[C@H](C)C[C@@H](CCCO)OP. The Balaban J connectivity index is 2.72. The maximum atomic E-state index is 12.8. The molecule has 1 aromatic carbocycles. The zero-order valence-corrected chi connectivity index (χ0v) is 17.6. The maximum absolute atomic E-state index is 12.8. The summed E-state index contributed by atoms with van der Waals surface area (Å²) < 4.78 is 10.9. The molecular weight excluding hydrogens is 356 g/mol. The third-order valence-electron chi connectivity index (χ3n) is 4.59. The molecule has 142 valence electrons. The molecule has 7 heteroatoms. The van der Waals surface area contributed by atoms with Gasteiger partial charge in [-0.15, -0.1) is 0 Å². The molecule has 3 unspecified atom stereocenters. The largest absolute Gasteiger partial charge is 0.396 e. The van der Waals surface area contributed by atoms with Gasteiger partial charge in [-0.3, -0.25) is 4.79 Å². The summed E-state index contributed by atoms with van der Waals surface area (Å²) in [7, 11) is 6.38. The number of rotatable bonds is 11. The molecule has 0 spiro atoms. The van der Waals surface area contributed by atoms with Crippen LogP contribution in [0.3, 0.4) is 0 Å². The van der Waals surface area contributed by atoms with E-state index < -0.39 is 0 Å². The number of carbonyl (C=O) groups excluding carboxylic acids is 1. The van der Waals surface area contributed by atoms with Crippen molar-refractivity contribution >= 4 is 24.8 Å². The van der Waals surface area contributed by atoms with Crippen LogP contribution in [0, 0.1) is 5.92 Å². The van der Waals surface area contributed by atoms with Crippen molar-refractivity contribution in [1.82, 2.24) is 4.90 Å². The number of hydrogen-bond donors (Lipinski definition) is 1. The van der Waals surface area contributed by atoms with Crippen molar-refractivity contribution in [2.75, 3.05) is 13.7 Å². The molecule has 1 N–H and O–H groups in total. The molecule has 0 fully saturated rings. The fourth-order valence-electron chi connectivity index (χ4n) is 2.92. The molecule has 0 saturated carbocycles. The number of aliphatic hydroxyl groups is 1. The third kappa shape index (κ3) is 6.92. The molecule has 1 rings (SSSR count). The van der Waals surface area contributed by atoms with Gasteiger partial charge >= 0.3 is 0 Å². The summed E-state index contributed by atoms with van der Waals surface area (Å²) >= 11 is 0. The second kappa shape index (κ2) is 11.9. The molecule has 0 aliphatic carbocycles. The fourth-order valence-corrected chi connectivity index (χ4v) is 3.55. The summed E-state index contributed by atoms with van der Waals surface area (Å²) in [6.45, 7) is 4.04. The van der Waals surface area contributed by atoms with Gasteiger partial charge in [-0.1, -0.05) is 37.3 Å². The van der Waals surface area contributed by atoms with E-state index in [1.165, 1.54) is 0 Å². The van der Waals surface area contributed by atoms with Crippen LogP contribution < -0.4 is 0 Å². The quantitative estimate of drug-likeness (QED) is 0.592. The number of hydrogen-bond acceptors (Lipinski definition) is 4. The summed E-state index contributed by atoms with van der Waals surface area (Å²) in [6.07, 6.45) is 1.76. The number of nitrogens with zero attached hydrogens (tertiary/aromatic N) is 1. The first kappa shape index (κ1) is 22.5. The Bertz CT molecular complexity index is 503. The molecule has 0 heterocycles. The van der Waals surface area contributed by atoms with Gasteiger partial charge in [0.25, 0.3) is 0 Å². The highest BCUT2D eigenvalue weighted by molar-refractivity contribution is 7.10. The van der Waals surface area contributed by atoms with E-state index in [0.717, 1.165) is 12.0 Å². The van der Waals surface area contributed by atoms with Crippen molar-refractivity contribution in [1.29, 1.82) is 0 Å². The highest BCUT2D eigenvalue weighted by Gasteiger charge is 2.29. The van der Waals surface area contributed by atoms with E-state index in [-0.39, 0.29) is 36.7 Å². The van der Waals surface area contributed by atoms with Gasteiger partial charge in [-0.25, -0.2) is 0 Å². The van der Waals surface area contributed by atoms with Gasteiger partial charge in [0.15, 0.2) is 0 Å². The number of carbonyl (C=O) groups is 1. The zero-order valence-electron chi connectivity index (χ0n) is 15.3. The lowest BCUT2D eigenvalue weighted by Gasteiger charge is -2.33. The second-order valence-corrected chi connectivity index (χ2v) is 6.96. The topological polar surface area (TPSA) is 59.0 Å². The highest BCUT2D eigenvalue weighted by atomic mass is 31.0. The Morgan fingerprint density at radius 1 is 1.20 bits per heavy atom. The number of likely N-dealkylation sites (N-methyl/N-ethyl adjacent to an activating group) is 1. The minimum absolute atomic E-state index is 0.0530. The lowest BCUT2D eigenvalue weighted by atomic mass is 9.97. The van der Waals surface area contributed by atoms with Gasteiger partial charge in [-0.2, -0.15) is 0 Å². The Morgan fingerprint density at radius 3 is 2.36 bits per heavy atom. The molecule has 0 radical (unpaired) electrons. The van der Waals surface area contributed by atoms with E-state index in [9.17, 15) is 4.79 Å². The maximum Gasteiger partial charge on any atom is 0.225 e. The molecule has 5 nitrogen and oxygen atoms in total. The van der Waals surface area contributed by atoms with Crippen LogP contribution >= 0.6 is 18.9 Å². The molecule has 0 saturated heterocycles. The first-order chi connectivity index (χ1) is 12.0. The van der Waals surface area contributed by atoms with E-state index in [1.807, 2.05) is 51.2 Å². The normalized spacial score (nSPS) is 16.1. The van der Waals surface area contributed by atoms with Gasteiger partial charge in [0.05, 0.1) is 12.1 Å². The van der Waals surface area contributed by atoms with E-state index in [0.29, 0.717) is 12.8 Å². The fraction of sp³-hybridized carbons (Fsp3) is 0.611. The summed E-state index contributed by atoms with van der Waals surface area (Å²) in [6, 6.07) is 9.78. The van der Waals surface area contributed by atoms with Gasteiger partial charge in [0.1, 0.15) is 6.10 Å². The van der Waals surface area contributed by atoms with Crippen LogP contribution in [-0.4, -0.2) is 41.7 Å². The summed E-state index contributed by atoms with van der Waals surface area (Å²) in [5, 5.41) is 8.96. The molecule has 25 heavy (non-hydrogen) atoms. The average Bonchev–Trinajstić information content (AvgIpc) is 2.64. The van der Waals surface area contributed by atoms with E-state index in [2.05, 4.69) is 18.9 Å². The van der Waals surface area contributed by atoms with E-state index in [4.69, 9.17) is 14.2 Å². The van der Waals surface area contributed by atoms with Gasteiger partial charge in [0.2, 0.25) is 5.91 Å². The van der Waals surface area contributed by atoms with Crippen LogP contribution in [0.5, 0.6) is 0 Å². The highest BCUT2D eigenvalue weighted by Crippen LogP contribution is 2.28. The second-order valence-electron chi connectivity index (χ2n) is 6.42. The Kier molecular flexibility index (Phi) is 10.7. The minimum atomic E-state index is -0.212. The van der Waals surface area contributed by atoms with Crippen molar-refractivity contribution < 1.29 is 18.9 Å². The van der Waals surface area contributed by atoms with Crippen molar-refractivity contribution in [3.05, 3.63) is 35.9 Å². The van der Waals surface area contributed by atoms with Crippen molar-refractivity contribution in [3.63, 3.8) is 0 Å². The average molecular weight is 387 g/mol. The first-order valence-corrected chi connectivity index (χ1v) is 9.54. The molecule has 0 aromatic heterocycles. The van der Waals surface area contributed by atoms with Crippen LogP contribution in [0.15, 0.2) is 30.3 Å². The molecule has 1 amide bonds. The lowest BCUT2D eigenvalue weighted by Crippen LogP contribution is -2.42. The van der Waals surface area contributed by atoms with Gasteiger partial charge in [0, 0.05) is 38.5 Å². The number of benzene rings is 1. The smallest absolute Gasteiger partial charge is 0.225 e. The number of aliphatic hydroxyl groups excluding tert-OH is 1. The lowest BCUT2D eigenvalue weighted by molar-refractivity contribution is -0.138. The zero-order chi connectivity index (χ0) is 18.8. The molecule has 1 aromatic rings. The van der Waals surface area contributed by atoms with Crippen molar-refractivity contribution in [3.8, 4) is 0 Å². The predicted molar refractivity (Wildman–Crippen MR) is 107 cm³/mol.